The molecule has 14 heavy (non-hydrogen) atoms. The molecule has 1 aromatic carbocycles. The molecule has 1 aromatic rings. The second kappa shape index (κ2) is 4.47. The second-order valence-electron chi connectivity index (χ2n) is 3.90. The molecule has 1 N–H and O–H groups in total. The topological polar surface area (TPSA) is 15.3 Å². The Morgan fingerprint density at radius 1 is 1.29 bits per heavy atom. The van der Waals surface area contributed by atoms with E-state index in [4.69, 9.17) is 0 Å². The molecule has 0 aliphatic carbocycles. The van der Waals surface area contributed by atoms with E-state index >= 15 is 0 Å². The fourth-order valence-corrected chi connectivity index (χ4v) is 1.85. The van der Waals surface area contributed by atoms with Gasteiger partial charge in [0.2, 0.25) is 0 Å². The molecule has 1 aliphatic rings. The summed E-state index contributed by atoms with van der Waals surface area (Å²) in [6.07, 6.45) is 0. The lowest BCUT2D eigenvalue weighted by Gasteiger charge is -2.33. The van der Waals surface area contributed by atoms with Gasteiger partial charge in [0.15, 0.2) is 0 Å². The number of benzene rings is 1. The first-order valence-corrected chi connectivity index (χ1v) is 5.41. The van der Waals surface area contributed by atoms with Crippen molar-refractivity contribution in [1.29, 1.82) is 0 Å². The first kappa shape index (κ1) is 9.53. The van der Waals surface area contributed by atoms with Gasteiger partial charge in [-0.2, -0.15) is 0 Å². The average molecular weight is 190 g/mol. The van der Waals surface area contributed by atoms with Gasteiger partial charge in [-0.1, -0.05) is 18.2 Å². The van der Waals surface area contributed by atoms with Crippen LogP contribution in [0.15, 0.2) is 30.3 Å². The van der Waals surface area contributed by atoms with Crippen LogP contribution >= 0.6 is 0 Å². The van der Waals surface area contributed by atoms with Crippen LogP contribution in [0.25, 0.3) is 0 Å². The monoisotopic (exact) mass is 190 g/mol. The Labute approximate surface area is 85.9 Å². The van der Waals surface area contributed by atoms with Crippen LogP contribution in [0.4, 0.5) is 5.69 Å². The zero-order chi connectivity index (χ0) is 9.80. The number of rotatable bonds is 4. The molecule has 1 aliphatic heterocycles. The van der Waals surface area contributed by atoms with Crippen LogP contribution in [-0.4, -0.2) is 26.2 Å². The summed E-state index contributed by atoms with van der Waals surface area (Å²) in [6.45, 7) is 6.87. The third kappa shape index (κ3) is 2.07. The summed E-state index contributed by atoms with van der Waals surface area (Å²) in [6, 6.07) is 10.7. The molecule has 0 atom stereocenters. The molecule has 0 spiro atoms. The molecule has 76 valence electrons. The Kier molecular flexibility index (Phi) is 3.04. The summed E-state index contributed by atoms with van der Waals surface area (Å²) >= 11 is 0. The molecular weight excluding hydrogens is 172 g/mol. The third-order valence-electron chi connectivity index (χ3n) is 2.85. The van der Waals surface area contributed by atoms with E-state index in [1.807, 2.05) is 0 Å². The van der Waals surface area contributed by atoms with E-state index in [0.29, 0.717) is 0 Å². The average Bonchev–Trinajstić information content (AvgIpc) is 2.18. The van der Waals surface area contributed by atoms with Gasteiger partial charge in [0.25, 0.3) is 0 Å². The SMILES string of the molecule is CCN(CC1CNC1)c1ccccc1. The zero-order valence-electron chi connectivity index (χ0n) is 8.74. The van der Waals surface area contributed by atoms with E-state index in [2.05, 4.69) is 47.5 Å². The number of hydrogen-bond acceptors (Lipinski definition) is 2. The molecule has 0 radical (unpaired) electrons. The fourth-order valence-electron chi connectivity index (χ4n) is 1.85. The standard InChI is InChI=1S/C12H18N2/c1-2-14(10-11-8-13-9-11)12-6-4-3-5-7-12/h3-7,11,13H,2,8-10H2,1H3. The molecule has 1 saturated heterocycles. The lowest BCUT2D eigenvalue weighted by Crippen LogP contribution is -2.48. The number of nitrogens with one attached hydrogen (secondary N) is 1. The Balaban J connectivity index is 1.98. The highest BCUT2D eigenvalue weighted by Crippen LogP contribution is 2.16. The smallest absolute Gasteiger partial charge is 0.0366 e. The Morgan fingerprint density at radius 3 is 2.50 bits per heavy atom. The molecule has 0 unspecified atom stereocenters. The van der Waals surface area contributed by atoms with Gasteiger partial charge in [-0.05, 0) is 19.1 Å². The molecule has 2 rings (SSSR count). The highest BCUT2D eigenvalue weighted by Gasteiger charge is 2.19. The minimum Gasteiger partial charge on any atom is -0.371 e. The van der Waals surface area contributed by atoms with Gasteiger partial charge < -0.3 is 10.2 Å². The summed E-state index contributed by atoms with van der Waals surface area (Å²) in [4.78, 5) is 2.45. The summed E-state index contributed by atoms with van der Waals surface area (Å²) in [5, 5.41) is 3.32. The predicted octanol–water partition coefficient (Wildman–Crippen LogP) is 1.73. The number of nitrogens with zero attached hydrogens (tertiary/aromatic N) is 1. The minimum absolute atomic E-state index is 0.843. The Morgan fingerprint density at radius 2 is 2.00 bits per heavy atom. The fraction of sp³-hybridized carbons (Fsp3) is 0.500. The van der Waals surface area contributed by atoms with Gasteiger partial charge in [0, 0.05) is 37.8 Å². The van der Waals surface area contributed by atoms with Gasteiger partial charge in [0.05, 0.1) is 0 Å². The lowest BCUT2D eigenvalue weighted by molar-refractivity contribution is 0.349. The molecular formula is C12H18N2. The van der Waals surface area contributed by atoms with Crippen LogP contribution in [0.1, 0.15) is 6.92 Å². The van der Waals surface area contributed by atoms with E-state index in [1.54, 1.807) is 0 Å². The lowest BCUT2D eigenvalue weighted by atomic mass is 10.0. The van der Waals surface area contributed by atoms with Crippen molar-refractivity contribution < 1.29 is 0 Å². The van der Waals surface area contributed by atoms with Crippen molar-refractivity contribution in [2.24, 2.45) is 5.92 Å². The first-order chi connectivity index (χ1) is 6.90. The van der Waals surface area contributed by atoms with Crippen molar-refractivity contribution in [3.05, 3.63) is 30.3 Å². The van der Waals surface area contributed by atoms with Crippen molar-refractivity contribution in [2.45, 2.75) is 6.92 Å². The minimum atomic E-state index is 0.843. The van der Waals surface area contributed by atoms with E-state index in [9.17, 15) is 0 Å². The molecule has 0 saturated carbocycles. The zero-order valence-corrected chi connectivity index (χ0v) is 8.74. The molecule has 1 heterocycles. The highest BCUT2D eigenvalue weighted by molar-refractivity contribution is 5.45. The van der Waals surface area contributed by atoms with Crippen LogP contribution in [0, 0.1) is 5.92 Å². The summed E-state index contributed by atoms with van der Waals surface area (Å²) < 4.78 is 0. The van der Waals surface area contributed by atoms with Gasteiger partial charge in [0.1, 0.15) is 0 Å². The summed E-state index contributed by atoms with van der Waals surface area (Å²) in [5.41, 5.74) is 1.35. The van der Waals surface area contributed by atoms with E-state index < -0.39 is 0 Å². The van der Waals surface area contributed by atoms with E-state index in [1.165, 1.54) is 25.3 Å². The van der Waals surface area contributed by atoms with E-state index in [0.717, 1.165) is 12.5 Å². The predicted molar refractivity (Wildman–Crippen MR) is 60.7 cm³/mol. The normalized spacial score (nSPS) is 16.4. The molecule has 0 amide bonds. The van der Waals surface area contributed by atoms with Gasteiger partial charge in [-0.3, -0.25) is 0 Å². The summed E-state index contributed by atoms with van der Waals surface area (Å²) in [5.74, 6) is 0.843. The maximum Gasteiger partial charge on any atom is 0.0366 e. The van der Waals surface area contributed by atoms with E-state index in [-0.39, 0.29) is 0 Å². The van der Waals surface area contributed by atoms with Crippen molar-refractivity contribution >= 4 is 5.69 Å². The molecule has 2 heteroatoms. The third-order valence-corrected chi connectivity index (χ3v) is 2.85. The quantitative estimate of drug-likeness (QED) is 0.778. The number of anilines is 1. The second-order valence-corrected chi connectivity index (χ2v) is 3.90. The first-order valence-electron chi connectivity index (χ1n) is 5.41. The van der Waals surface area contributed by atoms with Gasteiger partial charge in [-0.25, -0.2) is 0 Å². The van der Waals surface area contributed by atoms with Crippen molar-refractivity contribution in [2.75, 3.05) is 31.1 Å². The molecule has 0 bridgehead atoms. The van der Waals surface area contributed by atoms with Crippen molar-refractivity contribution in [1.82, 2.24) is 5.32 Å². The molecule has 1 fully saturated rings. The van der Waals surface area contributed by atoms with Gasteiger partial charge >= 0.3 is 0 Å². The maximum atomic E-state index is 3.32. The van der Waals surface area contributed by atoms with Crippen LogP contribution in [-0.2, 0) is 0 Å². The van der Waals surface area contributed by atoms with Crippen LogP contribution < -0.4 is 10.2 Å². The Bertz CT molecular complexity index is 267. The number of hydrogen-bond donors (Lipinski definition) is 1. The van der Waals surface area contributed by atoms with Crippen LogP contribution in [0.3, 0.4) is 0 Å². The Hall–Kier alpha value is -1.02. The molecule has 2 nitrogen and oxygen atoms in total. The van der Waals surface area contributed by atoms with Gasteiger partial charge in [-0.15, -0.1) is 0 Å². The maximum absolute atomic E-state index is 3.32. The highest BCUT2D eigenvalue weighted by atomic mass is 15.1. The number of para-hydroxylation sites is 1. The van der Waals surface area contributed by atoms with Crippen molar-refractivity contribution in [3.8, 4) is 0 Å². The summed E-state index contributed by atoms with van der Waals surface area (Å²) in [7, 11) is 0. The largest absolute Gasteiger partial charge is 0.371 e. The van der Waals surface area contributed by atoms with Crippen LogP contribution in [0.5, 0.6) is 0 Å². The molecule has 0 aromatic heterocycles. The van der Waals surface area contributed by atoms with Crippen LogP contribution in [0.2, 0.25) is 0 Å². The van der Waals surface area contributed by atoms with Crippen molar-refractivity contribution in [3.63, 3.8) is 0 Å².